The summed E-state index contributed by atoms with van der Waals surface area (Å²) >= 11 is 0. The Balaban J connectivity index is 2.17. The van der Waals surface area contributed by atoms with E-state index in [-0.39, 0.29) is 22.7 Å². The SMILES string of the molecule is CC1(NC(=O)c2cccc(N)c2F)CCC1. The second-order valence-corrected chi connectivity index (χ2v) is 4.58. The van der Waals surface area contributed by atoms with Crippen LogP contribution in [-0.2, 0) is 0 Å². The summed E-state index contributed by atoms with van der Waals surface area (Å²) in [7, 11) is 0. The Labute approximate surface area is 93.8 Å². The van der Waals surface area contributed by atoms with Crippen molar-refractivity contribution < 1.29 is 9.18 Å². The van der Waals surface area contributed by atoms with Crippen LogP contribution in [0.1, 0.15) is 36.5 Å². The lowest BCUT2D eigenvalue weighted by molar-refractivity contribution is 0.0846. The maximum Gasteiger partial charge on any atom is 0.254 e. The fraction of sp³-hybridized carbons (Fsp3) is 0.417. The van der Waals surface area contributed by atoms with Gasteiger partial charge in [-0.1, -0.05) is 6.07 Å². The molecule has 4 heteroatoms. The number of halogens is 1. The lowest BCUT2D eigenvalue weighted by atomic mass is 9.78. The van der Waals surface area contributed by atoms with Gasteiger partial charge in [0.25, 0.3) is 5.91 Å². The number of rotatable bonds is 2. The zero-order valence-corrected chi connectivity index (χ0v) is 9.22. The molecular formula is C12H15FN2O. The van der Waals surface area contributed by atoms with Crippen molar-refractivity contribution in [2.45, 2.75) is 31.7 Å². The molecule has 86 valence electrons. The number of benzene rings is 1. The van der Waals surface area contributed by atoms with Crippen molar-refractivity contribution in [3.8, 4) is 0 Å². The van der Waals surface area contributed by atoms with Gasteiger partial charge in [0.15, 0.2) is 5.82 Å². The normalized spacial score (nSPS) is 17.6. The highest BCUT2D eigenvalue weighted by atomic mass is 19.1. The molecule has 3 N–H and O–H groups in total. The van der Waals surface area contributed by atoms with Crippen LogP contribution < -0.4 is 11.1 Å². The Morgan fingerprint density at radius 1 is 1.50 bits per heavy atom. The summed E-state index contributed by atoms with van der Waals surface area (Å²) in [5, 5.41) is 2.84. The predicted molar refractivity (Wildman–Crippen MR) is 60.5 cm³/mol. The van der Waals surface area contributed by atoms with Gasteiger partial charge in [-0.25, -0.2) is 4.39 Å². The number of amides is 1. The summed E-state index contributed by atoms with van der Waals surface area (Å²) in [5.41, 5.74) is 5.27. The van der Waals surface area contributed by atoms with E-state index in [1.165, 1.54) is 12.1 Å². The van der Waals surface area contributed by atoms with Gasteiger partial charge >= 0.3 is 0 Å². The second-order valence-electron chi connectivity index (χ2n) is 4.58. The van der Waals surface area contributed by atoms with E-state index in [0.29, 0.717) is 0 Å². The molecule has 0 spiro atoms. The van der Waals surface area contributed by atoms with E-state index >= 15 is 0 Å². The minimum atomic E-state index is -0.636. The lowest BCUT2D eigenvalue weighted by Crippen LogP contribution is -2.51. The van der Waals surface area contributed by atoms with Crippen molar-refractivity contribution in [2.24, 2.45) is 0 Å². The minimum absolute atomic E-state index is 0.00594. The maximum absolute atomic E-state index is 13.6. The van der Waals surface area contributed by atoms with Crippen LogP contribution in [0.15, 0.2) is 18.2 Å². The topological polar surface area (TPSA) is 55.1 Å². The van der Waals surface area contributed by atoms with Gasteiger partial charge in [-0.3, -0.25) is 4.79 Å². The van der Waals surface area contributed by atoms with E-state index in [1.807, 2.05) is 6.92 Å². The van der Waals surface area contributed by atoms with E-state index in [0.717, 1.165) is 19.3 Å². The first-order valence-corrected chi connectivity index (χ1v) is 5.38. The summed E-state index contributed by atoms with van der Waals surface area (Å²) in [6, 6.07) is 4.47. The summed E-state index contributed by atoms with van der Waals surface area (Å²) in [5.74, 6) is -1.02. The molecule has 1 aromatic rings. The number of nitrogens with two attached hydrogens (primary N) is 1. The first-order chi connectivity index (χ1) is 7.52. The molecule has 0 bridgehead atoms. The number of carbonyl (C=O) groups excluding carboxylic acids is 1. The molecule has 2 rings (SSSR count). The number of hydrogen-bond acceptors (Lipinski definition) is 2. The second kappa shape index (κ2) is 3.77. The minimum Gasteiger partial charge on any atom is -0.396 e. The lowest BCUT2D eigenvalue weighted by Gasteiger charge is -2.39. The Morgan fingerprint density at radius 2 is 2.19 bits per heavy atom. The third-order valence-corrected chi connectivity index (χ3v) is 3.15. The number of anilines is 1. The van der Waals surface area contributed by atoms with Gasteiger partial charge in [-0.15, -0.1) is 0 Å². The third-order valence-electron chi connectivity index (χ3n) is 3.15. The molecule has 0 radical (unpaired) electrons. The molecule has 1 amide bonds. The number of nitrogen functional groups attached to an aromatic ring is 1. The van der Waals surface area contributed by atoms with Crippen molar-refractivity contribution in [1.82, 2.24) is 5.32 Å². The molecular weight excluding hydrogens is 207 g/mol. The quantitative estimate of drug-likeness (QED) is 0.753. The Bertz CT molecular complexity index is 427. The van der Waals surface area contributed by atoms with E-state index in [2.05, 4.69) is 5.32 Å². The fourth-order valence-electron chi connectivity index (χ4n) is 1.90. The molecule has 0 atom stereocenters. The van der Waals surface area contributed by atoms with E-state index in [9.17, 15) is 9.18 Å². The first kappa shape index (κ1) is 10.9. The maximum atomic E-state index is 13.6. The van der Waals surface area contributed by atoms with Gasteiger partial charge in [-0.05, 0) is 38.3 Å². The van der Waals surface area contributed by atoms with E-state index < -0.39 is 5.82 Å². The zero-order valence-electron chi connectivity index (χ0n) is 9.22. The van der Waals surface area contributed by atoms with Crippen LogP contribution in [0.3, 0.4) is 0 Å². The molecule has 1 saturated carbocycles. The number of hydrogen-bond donors (Lipinski definition) is 2. The molecule has 0 saturated heterocycles. The van der Waals surface area contributed by atoms with Crippen molar-refractivity contribution >= 4 is 11.6 Å². The number of carbonyl (C=O) groups is 1. The van der Waals surface area contributed by atoms with Crippen LogP contribution >= 0.6 is 0 Å². The van der Waals surface area contributed by atoms with Gasteiger partial charge in [0.1, 0.15) is 0 Å². The molecule has 3 nitrogen and oxygen atoms in total. The van der Waals surface area contributed by atoms with Gasteiger partial charge in [-0.2, -0.15) is 0 Å². The van der Waals surface area contributed by atoms with E-state index in [1.54, 1.807) is 6.07 Å². The molecule has 1 aliphatic carbocycles. The summed E-state index contributed by atoms with van der Waals surface area (Å²) in [6.07, 6.45) is 3.00. The van der Waals surface area contributed by atoms with Crippen molar-refractivity contribution in [2.75, 3.05) is 5.73 Å². The van der Waals surface area contributed by atoms with Crippen LogP contribution in [0.25, 0.3) is 0 Å². The van der Waals surface area contributed by atoms with Crippen LogP contribution in [0.4, 0.5) is 10.1 Å². The summed E-state index contributed by atoms with van der Waals surface area (Å²) in [4.78, 5) is 11.8. The molecule has 0 aromatic heterocycles. The highest BCUT2D eigenvalue weighted by Gasteiger charge is 2.33. The predicted octanol–water partition coefficient (Wildman–Crippen LogP) is 2.08. The smallest absolute Gasteiger partial charge is 0.254 e. The van der Waals surface area contributed by atoms with Crippen LogP contribution in [0.2, 0.25) is 0 Å². The van der Waals surface area contributed by atoms with Crippen LogP contribution in [0.5, 0.6) is 0 Å². The first-order valence-electron chi connectivity index (χ1n) is 5.38. The summed E-state index contributed by atoms with van der Waals surface area (Å²) < 4.78 is 13.6. The van der Waals surface area contributed by atoms with Crippen LogP contribution in [0, 0.1) is 5.82 Å². The highest BCUT2D eigenvalue weighted by Crippen LogP contribution is 2.31. The molecule has 1 fully saturated rings. The van der Waals surface area contributed by atoms with Gasteiger partial charge < -0.3 is 11.1 Å². The molecule has 0 heterocycles. The molecule has 16 heavy (non-hydrogen) atoms. The molecule has 0 aliphatic heterocycles. The standard InChI is InChI=1S/C12H15FN2O/c1-12(6-3-7-12)15-11(16)8-4-2-5-9(14)10(8)13/h2,4-5H,3,6-7,14H2,1H3,(H,15,16). The van der Waals surface area contributed by atoms with E-state index in [4.69, 9.17) is 5.73 Å². The average molecular weight is 222 g/mol. The summed E-state index contributed by atoms with van der Waals surface area (Å²) in [6.45, 7) is 1.97. The molecule has 0 unspecified atom stereocenters. The van der Waals surface area contributed by atoms with Crippen molar-refractivity contribution in [3.63, 3.8) is 0 Å². The molecule has 1 aromatic carbocycles. The largest absolute Gasteiger partial charge is 0.396 e. The van der Waals surface area contributed by atoms with Crippen molar-refractivity contribution in [3.05, 3.63) is 29.6 Å². The average Bonchev–Trinajstić information content (AvgIpc) is 2.19. The Hall–Kier alpha value is -1.58. The Morgan fingerprint density at radius 3 is 2.75 bits per heavy atom. The van der Waals surface area contributed by atoms with Gasteiger partial charge in [0.2, 0.25) is 0 Å². The third kappa shape index (κ3) is 1.87. The van der Waals surface area contributed by atoms with Crippen molar-refractivity contribution in [1.29, 1.82) is 0 Å². The highest BCUT2D eigenvalue weighted by molar-refractivity contribution is 5.95. The fourth-order valence-corrected chi connectivity index (χ4v) is 1.90. The van der Waals surface area contributed by atoms with Crippen LogP contribution in [-0.4, -0.2) is 11.4 Å². The molecule has 1 aliphatic rings. The van der Waals surface area contributed by atoms with Gasteiger partial charge in [0.05, 0.1) is 11.3 Å². The number of nitrogens with one attached hydrogen (secondary N) is 1. The van der Waals surface area contributed by atoms with Gasteiger partial charge in [0, 0.05) is 5.54 Å². The zero-order chi connectivity index (χ0) is 11.8. The monoisotopic (exact) mass is 222 g/mol. The Kier molecular flexibility index (Phi) is 2.58.